The van der Waals surface area contributed by atoms with Gasteiger partial charge in [0.05, 0.1) is 0 Å². The smallest absolute Gasteiger partial charge is 0.222 e. The number of piperazine rings is 1. The highest BCUT2D eigenvalue weighted by Crippen LogP contribution is 2.38. The molecule has 3 fully saturated rings. The number of pyridine rings is 1. The Morgan fingerprint density at radius 2 is 1.96 bits per heavy atom. The number of rotatable bonds is 6. The van der Waals surface area contributed by atoms with Crippen molar-refractivity contribution in [3.8, 4) is 0 Å². The lowest BCUT2D eigenvalue weighted by Gasteiger charge is -2.40. The Morgan fingerprint density at radius 1 is 1.15 bits per heavy atom. The highest BCUT2D eigenvalue weighted by atomic mass is 16.2. The fourth-order valence-corrected chi connectivity index (χ4v) is 4.74. The minimum atomic E-state index is 0.402. The van der Waals surface area contributed by atoms with Gasteiger partial charge in [0, 0.05) is 58.4 Å². The van der Waals surface area contributed by atoms with E-state index in [0.29, 0.717) is 17.7 Å². The number of likely N-dealkylation sites (tertiary alicyclic amines) is 1. The molecule has 3 aliphatic rings. The molecular weight excluding hydrogens is 336 g/mol. The zero-order valence-electron chi connectivity index (χ0n) is 16.7. The number of carbonyl (C=O) groups is 1. The van der Waals surface area contributed by atoms with Crippen LogP contribution in [-0.4, -0.2) is 66.5 Å². The molecule has 0 aromatic carbocycles. The van der Waals surface area contributed by atoms with Crippen molar-refractivity contribution in [1.82, 2.24) is 14.8 Å². The third-order valence-corrected chi connectivity index (χ3v) is 6.66. The number of nitrogens with zero attached hydrogens (tertiary/aromatic N) is 4. The maximum Gasteiger partial charge on any atom is 0.222 e. The summed E-state index contributed by atoms with van der Waals surface area (Å²) in [4.78, 5) is 24.3. The van der Waals surface area contributed by atoms with Crippen molar-refractivity contribution in [1.29, 1.82) is 0 Å². The SMILES string of the molecule is C[C@@H](CC(=O)N1CCC[C@H](CN2CCN(c3ccccn3)CC2)C1)C1CC1. The van der Waals surface area contributed by atoms with Gasteiger partial charge in [-0.2, -0.15) is 0 Å². The maximum atomic E-state index is 12.7. The highest BCUT2D eigenvalue weighted by Gasteiger charge is 2.32. The highest BCUT2D eigenvalue weighted by molar-refractivity contribution is 5.76. The van der Waals surface area contributed by atoms with Crippen LogP contribution in [0.15, 0.2) is 24.4 Å². The standard InChI is InChI=1S/C22H34N4O/c1-18(20-7-8-20)15-22(27)26-10-4-5-19(17-26)16-24-11-13-25(14-12-24)21-6-2-3-9-23-21/h2-3,6,9,18-20H,4-5,7-8,10-17H2,1H3/t18-,19+/m0/s1. The van der Waals surface area contributed by atoms with Gasteiger partial charge in [-0.05, 0) is 55.6 Å². The molecule has 1 saturated carbocycles. The molecule has 1 aliphatic carbocycles. The summed E-state index contributed by atoms with van der Waals surface area (Å²) in [5, 5.41) is 0. The Balaban J connectivity index is 1.22. The topological polar surface area (TPSA) is 39.7 Å². The molecule has 2 saturated heterocycles. The Hall–Kier alpha value is -1.62. The van der Waals surface area contributed by atoms with Crippen LogP contribution in [0.2, 0.25) is 0 Å². The fourth-order valence-electron chi connectivity index (χ4n) is 4.74. The summed E-state index contributed by atoms with van der Waals surface area (Å²) in [5.74, 6) is 3.54. The lowest BCUT2D eigenvalue weighted by Crippen LogP contribution is -2.50. The quantitative estimate of drug-likeness (QED) is 0.772. The molecule has 0 radical (unpaired) electrons. The van der Waals surface area contributed by atoms with E-state index in [1.807, 2.05) is 12.3 Å². The average molecular weight is 371 g/mol. The van der Waals surface area contributed by atoms with Crippen molar-refractivity contribution in [2.75, 3.05) is 50.7 Å². The molecule has 0 bridgehead atoms. The van der Waals surface area contributed by atoms with Gasteiger partial charge in [0.15, 0.2) is 0 Å². The zero-order valence-corrected chi connectivity index (χ0v) is 16.7. The Kier molecular flexibility index (Phi) is 5.96. The second-order valence-electron chi connectivity index (χ2n) is 8.84. The second kappa shape index (κ2) is 8.59. The number of amides is 1. The van der Waals surface area contributed by atoms with Crippen LogP contribution in [0.3, 0.4) is 0 Å². The number of anilines is 1. The van der Waals surface area contributed by atoms with Gasteiger partial charge in [-0.15, -0.1) is 0 Å². The fraction of sp³-hybridized carbons (Fsp3) is 0.727. The first-order valence-corrected chi connectivity index (χ1v) is 10.8. The van der Waals surface area contributed by atoms with Gasteiger partial charge >= 0.3 is 0 Å². The van der Waals surface area contributed by atoms with E-state index in [1.165, 1.54) is 25.7 Å². The number of hydrogen-bond acceptors (Lipinski definition) is 4. The molecular formula is C22H34N4O. The van der Waals surface area contributed by atoms with Gasteiger partial charge in [0.1, 0.15) is 5.82 Å². The van der Waals surface area contributed by atoms with Crippen LogP contribution in [0.1, 0.15) is 39.0 Å². The molecule has 0 unspecified atom stereocenters. The van der Waals surface area contributed by atoms with Gasteiger partial charge in [-0.3, -0.25) is 9.69 Å². The molecule has 5 heteroatoms. The molecule has 0 spiro atoms. The van der Waals surface area contributed by atoms with Gasteiger partial charge in [-0.25, -0.2) is 4.98 Å². The first kappa shape index (κ1) is 18.7. The van der Waals surface area contributed by atoms with E-state index in [2.05, 4.69) is 38.7 Å². The molecule has 27 heavy (non-hydrogen) atoms. The minimum absolute atomic E-state index is 0.402. The largest absolute Gasteiger partial charge is 0.354 e. The van der Waals surface area contributed by atoms with Crippen molar-refractivity contribution < 1.29 is 4.79 Å². The van der Waals surface area contributed by atoms with Gasteiger partial charge in [0.2, 0.25) is 5.91 Å². The molecule has 148 valence electrons. The molecule has 1 amide bonds. The summed E-state index contributed by atoms with van der Waals surface area (Å²) in [5.41, 5.74) is 0. The first-order valence-electron chi connectivity index (χ1n) is 10.8. The van der Waals surface area contributed by atoms with Crippen LogP contribution in [0.5, 0.6) is 0 Å². The number of hydrogen-bond donors (Lipinski definition) is 0. The summed E-state index contributed by atoms with van der Waals surface area (Å²) in [6, 6.07) is 6.14. The van der Waals surface area contributed by atoms with E-state index in [9.17, 15) is 4.79 Å². The Labute approximate surface area is 163 Å². The van der Waals surface area contributed by atoms with Crippen LogP contribution in [0.4, 0.5) is 5.82 Å². The number of aromatic nitrogens is 1. The predicted molar refractivity (Wildman–Crippen MR) is 109 cm³/mol. The average Bonchev–Trinajstić information content (AvgIpc) is 3.55. The van der Waals surface area contributed by atoms with E-state index < -0.39 is 0 Å². The predicted octanol–water partition coefficient (Wildman–Crippen LogP) is 2.88. The summed E-state index contributed by atoms with van der Waals surface area (Å²) < 4.78 is 0. The molecule has 3 heterocycles. The monoisotopic (exact) mass is 370 g/mol. The van der Waals surface area contributed by atoms with E-state index in [-0.39, 0.29) is 0 Å². The van der Waals surface area contributed by atoms with Crippen LogP contribution >= 0.6 is 0 Å². The summed E-state index contributed by atoms with van der Waals surface area (Å²) in [7, 11) is 0. The van der Waals surface area contributed by atoms with E-state index >= 15 is 0 Å². The molecule has 2 atom stereocenters. The third-order valence-electron chi connectivity index (χ3n) is 6.66. The zero-order chi connectivity index (χ0) is 18.6. The van der Waals surface area contributed by atoms with Crippen LogP contribution < -0.4 is 4.90 Å². The summed E-state index contributed by atoms with van der Waals surface area (Å²) in [6.07, 6.45) is 7.74. The van der Waals surface area contributed by atoms with Crippen molar-refractivity contribution >= 4 is 11.7 Å². The van der Waals surface area contributed by atoms with Crippen LogP contribution in [0, 0.1) is 17.8 Å². The Bertz CT molecular complexity index is 610. The van der Waals surface area contributed by atoms with Crippen molar-refractivity contribution in [2.45, 2.75) is 39.0 Å². The molecule has 4 rings (SSSR count). The van der Waals surface area contributed by atoms with Crippen molar-refractivity contribution in [3.05, 3.63) is 24.4 Å². The van der Waals surface area contributed by atoms with Gasteiger partial charge in [-0.1, -0.05) is 13.0 Å². The van der Waals surface area contributed by atoms with Crippen molar-refractivity contribution in [3.63, 3.8) is 0 Å². The normalized spacial score (nSPS) is 25.4. The van der Waals surface area contributed by atoms with Crippen molar-refractivity contribution in [2.24, 2.45) is 17.8 Å². The van der Waals surface area contributed by atoms with Gasteiger partial charge in [0.25, 0.3) is 0 Å². The maximum absolute atomic E-state index is 12.7. The van der Waals surface area contributed by atoms with Crippen LogP contribution in [0.25, 0.3) is 0 Å². The molecule has 5 nitrogen and oxygen atoms in total. The lowest BCUT2D eigenvalue weighted by molar-refractivity contribution is -0.134. The molecule has 0 N–H and O–H groups in total. The molecule has 1 aromatic rings. The van der Waals surface area contributed by atoms with E-state index in [4.69, 9.17) is 0 Å². The third kappa shape index (κ3) is 5.01. The van der Waals surface area contributed by atoms with E-state index in [1.54, 1.807) is 0 Å². The van der Waals surface area contributed by atoms with Crippen LogP contribution in [-0.2, 0) is 4.79 Å². The summed E-state index contributed by atoms with van der Waals surface area (Å²) >= 11 is 0. The molecule has 1 aromatic heterocycles. The second-order valence-corrected chi connectivity index (χ2v) is 8.84. The Morgan fingerprint density at radius 3 is 2.67 bits per heavy atom. The lowest BCUT2D eigenvalue weighted by atomic mass is 9.95. The molecule has 2 aliphatic heterocycles. The first-order chi connectivity index (χ1) is 13.2. The number of piperidine rings is 1. The number of carbonyl (C=O) groups excluding carboxylic acids is 1. The van der Waals surface area contributed by atoms with E-state index in [0.717, 1.165) is 64.0 Å². The summed E-state index contributed by atoms with van der Waals surface area (Å²) in [6.45, 7) is 9.63. The van der Waals surface area contributed by atoms with Gasteiger partial charge < -0.3 is 9.80 Å². The minimum Gasteiger partial charge on any atom is -0.354 e.